The van der Waals surface area contributed by atoms with Gasteiger partial charge in [0.1, 0.15) is 18.1 Å². The molecule has 0 saturated heterocycles. The molecule has 0 saturated carbocycles. The van der Waals surface area contributed by atoms with Crippen molar-refractivity contribution >= 4 is 13.8 Å². The van der Waals surface area contributed by atoms with E-state index in [1.807, 2.05) is 48.5 Å². The molecule has 0 aliphatic carbocycles. The van der Waals surface area contributed by atoms with Gasteiger partial charge in [0.05, 0.1) is 0 Å². The first-order valence-electron chi connectivity index (χ1n) is 8.49. The zero-order valence-electron chi connectivity index (χ0n) is 14.7. The van der Waals surface area contributed by atoms with E-state index in [9.17, 15) is 9.36 Å². The molecular weight excluding hydrogens is 335 g/mol. The zero-order valence-corrected chi connectivity index (χ0v) is 15.6. The van der Waals surface area contributed by atoms with Gasteiger partial charge in [-0.1, -0.05) is 37.6 Å². The molecule has 0 heterocycles. The fourth-order valence-corrected chi connectivity index (χ4v) is 3.28. The summed E-state index contributed by atoms with van der Waals surface area (Å²) < 4.78 is 22.9. The van der Waals surface area contributed by atoms with E-state index in [-0.39, 0.29) is 5.78 Å². The summed E-state index contributed by atoms with van der Waals surface area (Å²) in [5, 5.41) is 0. The molecule has 0 bridgehead atoms. The zero-order chi connectivity index (χ0) is 18.1. The Morgan fingerprint density at radius 2 is 1.56 bits per heavy atom. The highest BCUT2D eigenvalue weighted by atomic mass is 31.1. The number of rotatable bonds is 10. The summed E-state index contributed by atoms with van der Waals surface area (Å²) >= 11 is 0. The van der Waals surface area contributed by atoms with Crippen LogP contribution in [0.1, 0.15) is 37.8 Å². The molecule has 2 aromatic rings. The Morgan fingerprint density at radius 3 is 2.16 bits per heavy atom. The Bertz CT molecular complexity index is 693. The summed E-state index contributed by atoms with van der Waals surface area (Å²) in [7, 11) is -1.63. The largest absolute Gasteiger partial charge is 0.556 e. The second-order valence-electron chi connectivity index (χ2n) is 5.96. The third kappa shape index (κ3) is 7.06. The van der Waals surface area contributed by atoms with Gasteiger partial charge in [0.15, 0.2) is 11.9 Å². The van der Waals surface area contributed by atoms with Crippen molar-refractivity contribution in [2.24, 2.45) is 0 Å². The monoisotopic (exact) mass is 359 g/mol. The summed E-state index contributed by atoms with van der Waals surface area (Å²) in [4.78, 5) is 11.1. The predicted octanol–water partition coefficient (Wildman–Crippen LogP) is 5.32. The summed E-state index contributed by atoms with van der Waals surface area (Å²) in [6.45, 7) is 4.08. The number of ketones is 1. The summed E-state index contributed by atoms with van der Waals surface area (Å²) in [5.74, 6) is 1.53. The van der Waals surface area contributed by atoms with E-state index < -0.39 is 8.03 Å². The third-order valence-electron chi connectivity index (χ3n) is 3.61. The molecule has 2 rings (SSSR count). The Balaban J connectivity index is 1.83. The molecule has 0 radical (unpaired) electrons. The number of benzene rings is 2. The summed E-state index contributed by atoms with van der Waals surface area (Å²) in [6.07, 6.45) is 2.96. The van der Waals surface area contributed by atoms with E-state index in [1.165, 1.54) is 0 Å². The van der Waals surface area contributed by atoms with E-state index in [0.717, 1.165) is 29.7 Å². The van der Waals surface area contributed by atoms with E-state index in [0.29, 0.717) is 24.9 Å². The van der Waals surface area contributed by atoms with Crippen molar-refractivity contribution < 1.29 is 18.6 Å². The van der Waals surface area contributed by atoms with E-state index >= 15 is 0 Å². The maximum absolute atomic E-state index is 11.7. The number of Topliss-reactive ketones (excluding diaryl/α,β-unsaturated/α-hetero) is 1. The second kappa shape index (κ2) is 9.95. The van der Waals surface area contributed by atoms with Crippen LogP contribution in [-0.2, 0) is 22.4 Å². The lowest BCUT2D eigenvalue weighted by Crippen LogP contribution is -1.98. The van der Waals surface area contributed by atoms with Gasteiger partial charge in [-0.3, -0.25) is 9.32 Å². The van der Waals surface area contributed by atoms with E-state index in [2.05, 4.69) is 6.92 Å². The highest BCUT2D eigenvalue weighted by molar-refractivity contribution is 7.39. The lowest BCUT2D eigenvalue weighted by molar-refractivity contribution is -0.116. The number of hydrogen-bond donors (Lipinski definition) is 0. The number of unbranched alkanes of at least 4 members (excludes halogenated alkanes) is 1. The summed E-state index contributed by atoms with van der Waals surface area (Å²) in [6, 6.07) is 15.0. The van der Waals surface area contributed by atoms with Crippen molar-refractivity contribution in [1.82, 2.24) is 0 Å². The van der Waals surface area contributed by atoms with Crippen LogP contribution in [0.25, 0.3) is 0 Å². The highest BCUT2D eigenvalue weighted by Gasteiger charge is 2.17. The fraction of sp³-hybridized carbons (Fsp3) is 0.350. The normalized spacial score (nSPS) is 11.0. The molecule has 0 aliphatic heterocycles. The van der Waals surface area contributed by atoms with Gasteiger partial charge in [0.2, 0.25) is 0 Å². The van der Waals surface area contributed by atoms with E-state index in [1.54, 1.807) is 6.92 Å². The topological polar surface area (TPSA) is 52.6 Å². The molecule has 0 spiro atoms. The average Bonchev–Trinajstić information content (AvgIpc) is 2.60. The molecule has 0 amide bonds. The van der Waals surface area contributed by atoms with Crippen LogP contribution >= 0.6 is 8.03 Å². The SMILES string of the molecule is CCCC[P+](=O)Oc1ccc(COc2ccc(CC(C)=O)cc2)cc1. The Kier molecular flexibility index (Phi) is 7.62. The van der Waals surface area contributed by atoms with Crippen LogP contribution in [0.15, 0.2) is 48.5 Å². The molecule has 4 nitrogen and oxygen atoms in total. The number of hydrogen-bond acceptors (Lipinski definition) is 4. The van der Waals surface area contributed by atoms with Gasteiger partial charge in [0, 0.05) is 6.42 Å². The van der Waals surface area contributed by atoms with Crippen LogP contribution in [0.5, 0.6) is 11.5 Å². The molecule has 1 unspecified atom stereocenters. The molecule has 1 atom stereocenters. The van der Waals surface area contributed by atoms with Crippen LogP contribution in [0.4, 0.5) is 0 Å². The molecular formula is C20H24O4P+. The molecule has 5 heteroatoms. The van der Waals surface area contributed by atoms with Gasteiger partial charge in [0.25, 0.3) is 0 Å². The highest BCUT2D eigenvalue weighted by Crippen LogP contribution is 2.28. The molecule has 0 aliphatic rings. The van der Waals surface area contributed by atoms with Gasteiger partial charge in [-0.15, -0.1) is 0 Å². The Hall–Kier alpha value is -2.19. The van der Waals surface area contributed by atoms with Crippen LogP contribution in [0, 0.1) is 0 Å². The lowest BCUT2D eigenvalue weighted by Gasteiger charge is -2.07. The molecule has 2 aromatic carbocycles. The molecule has 0 N–H and O–H groups in total. The van der Waals surface area contributed by atoms with E-state index in [4.69, 9.17) is 9.26 Å². The number of carbonyl (C=O) groups is 1. The minimum Gasteiger partial charge on any atom is -0.489 e. The molecule has 25 heavy (non-hydrogen) atoms. The van der Waals surface area contributed by atoms with Gasteiger partial charge >= 0.3 is 8.03 Å². The number of ether oxygens (including phenoxy) is 1. The quantitative estimate of drug-likeness (QED) is 0.539. The predicted molar refractivity (Wildman–Crippen MR) is 99.6 cm³/mol. The second-order valence-corrected chi connectivity index (χ2v) is 7.25. The number of carbonyl (C=O) groups excluding carboxylic acids is 1. The molecule has 0 fully saturated rings. The first-order chi connectivity index (χ1) is 12.1. The Labute approximate surface area is 150 Å². The maximum atomic E-state index is 11.7. The van der Waals surface area contributed by atoms with Crippen molar-refractivity contribution in [3.8, 4) is 11.5 Å². The first kappa shape index (κ1) is 19.1. The fourth-order valence-electron chi connectivity index (χ4n) is 2.25. The maximum Gasteiger partial charge on any atom is 0.556 e. The van der Waals surface area contributed by atoms with Crippen LogP contribution < -0.4 is 9.26 Å². The van der Waals surface area contributed by atoms with Crippen molar-refractivity contribution in [2.75, 3.05) is 6.16 Å². The molecule has 0 aromatic heterocycles. The van der Waals surface area contributed by atoms with Crippen molar-refractivity contribution in [3.63, 3.8) is 0 Å². The van der Waals surface area contributed by atoms with Gasteiger partial charge in [-0.25, -0.2) is 0 Å². The third-order valence-corrected chi connectivity index (χ3v) is 4.70. The van der Waals surface area contributed by atoms with Crippen LogP contribution in [0.2, 0.25) is 0 Å². The van der Waals surface area contributed by atoms with Crippen LogP contribution in [0.3, 0.4) is 0 Å². The minimum absolute atomic E-state index is 0.146. The average molecular weight is 359 g/mol. The Morgan fingerprint density at radius 1 is 0.960 bits per heavy atom. The van der Waals surface area contributed by atoms with Crippen molar-refractivity contribution in [3.05, 3.63) is 59.7 Å². The van der Waals surface area contributed by atoms with Gasteiger partial charge in [-0.2, -0.15) is 0 Å². The smallest absolute Gasteiger partial charge is 0.489 e. The van der Waals surface area contributed by atoms with Crippen LogP contribution in [-0.4, -0.2) is 11.9 Å². The van der Waals surface area contributed by atoms with Crippen molar-refractivity contribution in [2.45, 2.75) is 39.7 Å². The molecule has 132 valence electrons. The van der Waals surface area contributed by atoms with Gasteiger partial charge < -0.3 is 4.74 Å². The summed E-state index contributed by atoms with van der Waals surface area (Å²) in [5.41, 5.74) is 1.99. The lowest BCUT2D eigenvalue weighted by atomic mass is 10.1. The minimum atomic E-state index is -1.63. The van der Waals surface area contributed by atoms with Crippen molar-refractivity contribution in [1.29, 1.82) is 0 Å². The van der Waals surface area contributed by atoms with Gasteiger partial charge in [-0.05, 0) is 53.3 Å². The standard InChI is InChI=1S/C20H24O4P/c1-3-4-13-25(22)24-20-11-7-18(8-12-20)15-23-19-9-5-17(6-10-19)14-16(2)21/h5-12H,3-4,13-15H2,1-2H3/q+1. The first-order valence-corrected chi connectivity index (χ1v) is 9.86.